The van der Waals surface area contributed by atoms with Gasteiger partial charge >= 0.3 is 0 Å². The largest absolute Gasteiger partial charge is 0.394 e. The first-order chi connectivity index (χ1) is 6.78. The van der Waals surface area contributed by atoms with Gasteiger partial charge in [0.05, 0.1) is 11.4 Å². The lowest BCUT2D eigenvalue weighted by molar-refractivity contribution is 0.597. The highest BCUT2D eigenvalue weighted by Gasteiger charge is 2.13. The van der Waals surface area contributed by atoms with E-state index in [0.29, 0.717) is 11.5 Å². The van der Waals surface area contributed by atoms with Crippen LogP contribution in [0, 0.1) is 0 Å². The molecule has 1 rings (SSSR count). The van der Waals surface area contributed by atoms with Crippen molar-refractivity contribution in [3.05, 3.63) is 6.20 Å². The molecule has 0 spiro atoms. The third-order valence-corrected chi connectivity index (χ3v) is 2.90. The van der Waals surface area contributed by atoms with Gasteiger partial charge in [0.2, 0.25) is 0 Å². The van der Waals surface area contributed by atoms with Gasteiger partial charge in [-0.05, 0) is 6.92 Å². The van der Waals surface area contributed by atoms with Gasteiger partial charge in [-0.3, -0.25) is 4.68 Å². The second-order valence-electron chi connectivity index (χ2n) is 3.74. The number of anilines is 2. The molecular weight excluding hydrogens is 216 g/mol. The summed E-state index contributed by atoms with van der Waals surface area (Å²) >= 11 is 0. The summed E-state index contributed by atoms with van der Waals surface area (Å²) in [5.74, 6) is 0.580. The van der Waals surface area contributed by atoms with E-state index in [1.54, 1.807) is 24.9 Å². The molecule has 1 aromatic heterocycles. The van der Waals surface area contributed by atoms with Gasteiger partial charge in [0.25, 0.3) is 0 Å². The van der Waals surface area contributed by atoms with Crippen LogP contribution in [0.5, 0.6) is 0 Å². The number of nitrogens with zero attached hydrogens (tertiary/aromatic N) is 2. The average Bonchev–Trinajstić information content (AvgIpc) is 2.25. The smallest absolute Gasteiger partial charge is 0.171 e. The molecule has 1 aromatic rings. The Morgan fingerprint density at radius 1 is 1.67 bits per heavy atom. The zero-order valence-corrected chi connectivity index (χ0v) is 9.87. The molecule has 0 bridgehead atoms. The highest BCUT2D eigenvalue weighted by atomic mass is 32.2. The van der Waals surface area contributed by atoms with E-state index in [2.05, 4.69) is 10.4 Å². The van der Waals surface area contributed by atoms with Gasteiger partial charge < -0.3 is 11.1 Å². The minimum absolute atomic E-state index is 0.0585. The second-order valence-corrected chi connectivity index (χ2v) is 5.93. The third-order valence-electron chi connectivity index (χ3n) is 1.79. The highest BCUT2D eigenvalue weighted by Crippen LogP contribution is 2.15. The van der Waals surface area contributed by atoms with E-state index in [0.717, 1.165) is 0 Å². The summed E-state index contributed by atoms with van der Waals surface area (Å²) in [6.45, 7) is 1.77. The predicted molar refractivity (Wildman–Crippen MR) is 60.4 cm³/mol. The van der Waals surface area contributed by atoms with Crippen molar-refractivity contribution in [1.82, 2.24) is 9.78 Å². The van der Waals surface area contributed by atoms with Gasteiger partial charge in [-0.15, -0.1) is 0 Å². The minimum atomic E-state index is -2.99. The van der Waals surface area contributed by atoms with Crippen LogP contribution in [0.3, 0.4) is 0 Å². The van der Waals surface area contributed by atoms with Gasteiger partial charge in [0, 0.05) is 25.5 Å². The zero-order valence-electron chi connectivity index (χ0n) is 9.06. The maximum absolute atomic E-state index is 11.0. The molecule has 0 amide bonds. The Bertz CT molecular complexity index is 437. The lowest BCUT2D eigenvalue weighted by atomic mass is 10.4. The van der Waals surface area contributed by atoms with Crippen molar-refractivity contribution in [1.29, 1.82) is 0 Å². The van der Waals surface area contributed by atoms with Crippen LogP contribution in [0.15, 0.2) is 6.20 Å². The molecule has 0 saturated carbocycles. The number of aryl methyl sites for hydroxylation is 1. The topological polar surface area (TPSA) is 90.0 Å². The quantitative estimate of drug-likeness (QED) is 0.753. The van der Waals surface area contributed by atoms with E-state index in [-0.39, 0.29) is 11.8 Å². The molecular formula is C8H16N4O2S. The van der Waals surface area contributed by atoms with Crippen molar-refractivity contribution >= 4 is 21.3 Å². The summed E-state index contributed by atoms with van der Waals surface area (Å²) in [6, 6.07) is -0.211. The Balaban J connectivity index is 2.66. The predicted octanol–water partition coefficient (Wildman–Crippen LogP) is -0.153. The Kier molecular flexibility index (Phi) is 3.23. The van der Waals surface area contributed by atoms with Crippen molar-refractivity contribution in [3.8, 4) is 0 Å². The number of nitrogens with one attached hydrogen (secondary N) is 1. The van der Waals surface area contributed by atoms with Gasteiger partial charge in [0.1, 0.15) is 9.84 Å². The molecule has 0 aliphatic rings. The lowest BCUT2D eigenvalue weighted by Crippen LogP contribution is -2.25. The fourth-order valence-electron chi connectivity index (χ4n) is 1.35. The van der Waals surface area contributed by atoms with E-state index < -0.39 is 9.84 Å². The van der Waals surface area contributed by atoms with Crippen molar-refractivity contribution in [2.24, 2.45) is 7.05 Å². The molecule has 0 radical (unpaired) electrons. The first-order valence-corrected chi connectivity index (χ1v) is 6.57. The highest BCUT2D eigenvalue weighted by molar-refractivity contribution is 7.90. The van der Waals surface area contributed by atoms with E-state index in [9.17, 15) is 8.42 Å². The average molecular weight is 232 g/mol. The SMILES string of the molecule is CC(CS(C)(=O)=O)Nc1nn(C)cc1N. The number of rotatable bonds is 4. The molecule has 1 unspecified atom stereocenters. The zero-order chi connectivity index (χ0) is 11.6. The summed E-state index contributed by atoms with van der Waals surface area (Å²) < 4.78 is 23.6. The molecule has 86 valence electrons. The molecule has 1 heterocycles. The first kappa shape index (κ1) is 11.8. The number of nitrogen functional groups attached to an aromatic ring is 1. The Labute approximate surface area is 89.4 Å². The van der Waals surface area contributed by atoms with Crippen LogP contribution >= 0.6 is 0 Å². The number of sulfone groups is 1. The second kappa shape index (κ2) is 4.09. The Morgan fingerprint density at radius 3 is 2.67 bits per heavy atom. The Hall–Kier alpha value is -1.24. The molecule has 0 fully saturated rings. The summed E-state index contributed by atoms with van der Waals surface area (Å²) in [4.78, 5) is 0. The molecule has 0 aliphatic heterocycles. The van der Waals surface area contributed by atoms with Crippen LogP contribution in [-0.4, -0.2) is 36.2 Å². The van der Waals surface area contributed by atoms with E-state index in [1.807, 2.05) is 0 Å². The van der Waals surface area contributed by atoms with Crippen molar-refractivity contribution in [2.75, 3.05) is 23.1 Å². The first-order valence-electron chi connectivity index (χ1n) is 4.51. The van der Waals surface area contributed by atoms with Crippen LogP contribution in [0.25, 0.3) is 0 Å². The fourth-order valence-corrected chi connectivity index (χ4v) is 2.34. The Morgan fingerprint density at radius 2 is 2.27 bits per heavy atom. The van der Waals surface area contributed by atoms with E-state index >= 15 is 0 Å². The summed E-state index contributed by atoms with van der Waals surface area (Å²) in [6.07, 6.45) is 2.86. The maximum atomic E-state index is 11.0. The van der Waals surface area contributed by atoms with Crippen LogP contribution in [-0.2, 0) is 16.9 Å². The summed E-state index contributed by atoms with van der Waals surface area (Å²) in [5, 5.41) is 7.02. The molecule has 7 heteroatoms. The number of nitrogens with two attached hydrogens (primary N) is 1. The maximum Gasteiger partial charge on any atom is 0.171 e. The molecule has 0 aromatic carbocycles. The molecule has 0 aliphatic carbocycles. The standard InChI is InChI=1S/C8H16N4O2S/c1-6(5-15(3,13)14)10-8-7(9)4-12(2)11-8/h4,6H,5,9H2,1-3H3,(H,10,11). The van der Waals surface area contributed by atoms with Crippen LogP contribution in [0.1, 0.15) is 6.92 Å². The van der Waals surface area contributed by atoms with Crippen LogP contribution in [0.4, 0.5) is 11.5 Å². The van der Waals surface area contributed by atoms with Gasteiger partial charge in [-0.1, -0.05) is 0 Å². The molecule has 6 nitrogen and oxygen atoms in total. The number of aromatic nitrogens is 2. The number of hydrogen-bond donors (Lipinski definition) is 2. The molecule has 1 atom stereocenters. The fraction of sp³-hybridized carbons (Fsp3) is 0.625. The summed E-state index contributed by atoms with van der Waals surface area (Å²) in [5.41, 5.74) is 6.17. The van der Waals surface area contributed by atoms with Gasteiger partial charge in [-0.25, -0.2) is 8.42 Å². The van der Waals surface area contributed by atoms with Crippen LogP contribution in [0.2, 0.25) is 0 Å². The molecule has 15 heavy (non-hydrogen) atoms. The van der Waals surface area contributed by atoms with E-state index in [4.69, 9.17) is 5.73 Å². The minimum Gasteiger partial charge on any atom is -0.394 e. The molecule has 0 saturated heterocycles. The molecule has 3 N–H and O–H groups in total. The van der Waals surface area contributed by atoms with Crippen molar-refractivity contribution < 1.29 is 8.42 Å². The lowest BCUT2D eigenvalue weighted by Gasteiger charge is -2.11. The number of hydrogen-bond acceptors (Lipinski definition) is 5. The van der Waals surface area contributed by atoms with Gasteiger partial charge in [0.15, 0.2) is 5.82 Å². The van der Waals surface area contributed by atoms with Crippen LogP contribution < -0.4 is 11.1 Å². The third kappa shape index (κ3) is 3.78. The monoisotopic (exact) mass is 232 g/mol. The van der Waals surface area contributed by atoms with E-state index in [1.165, 1.54) is 6.26 Å². The summed E-state index contributed by atoms with van der Waals surface area (Å²) in [7, 11) is -1.23. The normalized spacial score (nSPS) is 13.8. The van der Waals surface area contributed by atoms with Crippen molar-refractivity contribution in [3.63, 3.8) is 0 Å². The van der Waals surface area contributed by atoms with Gasteiger partial charge in [-0.2, -0.15) is 5.10 Å². The van der Waals surface area contributed by atoms with Crippen molar-refractivity contribution in [2.45, 2.75) is 13.0 Å².